The van der Waals surface area contributed by atoms with Crippen LogP contribution in [0.5, 0.6) is 0 Å². The van der Waals surface area contributed by atoms with Gasteiger partial charge in [0.25, 0.3) is 5.56 Å². The van der Waals surface area contributed by atoms with Crippen LogP contribution in [0.3, 0.4) is 0 Å². The Balaban J connectivity index is 2.07. The molecule has 0 aromatic carbocycles. The van der Waals surface area contributed by atoms with Crippen LogP contribution >= 0.6 is 0 Å². The lowest BCUT2D eigenvalue weighted by Gasteiger charge is -2.27. The van der Waals surface area contributed by atoms with Gasteiger partial charge in [-0.25, -0.2) is 9.89 Å². The first-order chi connectivity index (χ1) is 8.56. The molecule has 98 valence electrons. The van der Waals surface area contributed by atoms with E-state index in [1.807, 2.05) is 0 Å². The Morgan fingerprint density at radius 2 is 2.17 bits per heavy atom. The monoisotopic (exact) mass is 254 g/mol. The molecule has 0 bridgehead atoms. The first-order valence-corrected chi connectivity index (χ1v) is 5.74. The van der Waals surface area contributed by atoms with E-state index in [0.717, 1.165) is 12.8 Å². The smallest absolute Gasteiger partial charge is 0.342 e. The summed E-state index contributed by atoms with van der Waals surface area (Å²) in [4.78, 5) is 35.2. The van der Waals surface area contributed by atoms with Crippen molar-refractivity contribution in [1.82, 2.24) is 15.2 Å². The third-order valence-electron chi connectivity index (χ3n) is 3.08. The van der Waals surface area contributed by atoms with Crippen molar-refractivity contribution >= 4 is 11.8 Å². The fourth-order valence-corrected chi connectivity index (χ4v) is 2.18. The molecule has 0 amide bonds. The number of hydrogen-bond acceptors (Lipinski definition) is 5. The second-order valence-electron chi connectivity index (χ2n) is 4.40. The van der Waals surface area contributed by atoms with E-state index in [1.54, 1.807) is 0 Å². The quantitative estimate of drug-likeness (QED) is 0.576. The van der Waals surface area contributed by atoms with Crippen LogP contribution in [-0.4, -0.2) is 32.3 Å². The highest BCUT2D eigenvalue weighted by molar-refractivity contribution is 5.70. The summed E-state index contributed by atoms with van der Waals surface area (Å²) < 4.78 is 0. The molecule has 18 heavy (non-hydrogen) atoms. The van der Waals surface area contributed by atoms with Crippen molar-refractivity contribution in [3.63, 3.8) is 0 Å². The number of rotatable bonds is 3. The number of aliphatic carboxylic acids is 1. The maximum Gasteiger partial charge on any atom is 0.342 e. The number of carboxylic acids is 1. The lowest BCUT2D eigenvalue weighted by atomic mass is 9.86. The van der Waals surface area contributed by atoms with E-state index in [1.165, 1.54) is 0 Å². The predicted octanol–water partition coefficient (Wildman–Crippen LogP) is -0.487. The Labute approximate surface area is 101 Å². The molecule has 8 nitrogen and oxygen atoms in total. The minimum absolute atomic E-state index is 0.0191. The van der Waals surface area contributed by atoms with E-state index in [0.29, 0.717) is 12.8 Å². The molecule has 1 fully saturated rings. The zero-order valence-corrected chi connectivity index (χ0v) is 9.60. The summed E-state index contributed by atoms with van der Waals surface area (Å²) in [6.45, 7) is 0. The van der Waals surface area contributed by atoms with E-state index in [2.05, 4.69) is 20.5 Å². The Kier molecular flexibility index (Phi) is 3.45. The Hall–Kier alpha value is -2.12. The SMILES string of the molecule is O=C(O)C1CCCC(Nc2n[nH]c(=O)[nH]c2=O)C1. The number of anilines is 1. The van der Waals surface area contributed by atoms with Gasteiger partial charge in [-0.2, -0.15) is 0 Å². The van der Waals surface area contributed by atoms with E-state index in [-0.39, 0.29) is 11.9 Å². The number of aromatic nitrogens is 3. The Bertz CT molecular complexity index is 549. The van der Waals surface area contributed by atoms with Gasteiger partial charge in [0, 0.05) is 6.04 Å². The minimum Gasteiger partial charge on any atom is -0.481 e. The highest BCUT2D eigenvalue weighted by atomic mass is 16.4. The van der Waals surface area contributed by atoms with Crippen LogP contribution in [0.15, 0.2) is 9.59 Å². The van der Waals surface area contributed by atoms with Gasteiger partial charge in [-0.1, -0.05) is 6.42 Å². The van der Waals surface area contributed by atoms with Crippen molar-refractivity contribution in [3.05, 3.63) is 20.8 Å². The number of hydrogen-bond donors (Lipinski definition) is 4. The summed E-state index contributed by atoms with van der Waals surface area (Å²) in [6, 6.07) is -0.112. The maximum absolute atomic E-state index is 11.4. The normalized spacial score (nSPS) is 23.6. The molecule has 2 atom stereocenters. The molecule has 1 saturated carbocycles. The molecule has 1 aliphatic carbocycles. The second-order valence-corrected chi connectivity index (χ2v) is 4.40. The lowest BCUT2D eigenvalue weighted by molar-refractivity contribution is -0.142. The van der Waals surface area contributed by atoms with Gasteiger partial charge >= 0.3 is 11.7 Å². The molecule has 1 heterocycles. The fraction of sp³-hybridized carbons (Fsp3) is 0.600. The number of H-pyrrole nitrogens is 2. The molecule has 1 aliphatic rings. The zero-order valence-electron chi connectivity index (χ0n) is 9.60. The standard InChI is InChI=1S/C10H14N4O4/c15-8-7(13-14-10(18)12-8)11-6-3-1-2-5(4-6)9(16)17/h5-6H,1-4H2,(H,11,13)(H,16,17)(H2,12,14,15,18). The van der Waals surface area contributed by atoms with Gasteiger partial charge in [-0.05, 0) is 19.3 Å². The number of nitrogens with zero attached hydrogens (tertiary/aromatic N) is 1. The van der Waals surface area contributed by atoms with Crippen molar-refractivity contribution in [3.8, 4) is 0 Å². The average Bonchev–Trinajstić information content (AvgIpc) is 2.33. The van der Waals surface area contributed by atoms with Crippen molar-refractivity contribution < 1.29 is 9.90 Å². The van der Waals surface area contributed by atoms with Gasteiger partial charge < -0.3 is 10.4 Å². The Morgan fingerprint density at radius 1 is 1.39 bits per heavy atom. The van der Waals surface area contributed by atoms with Crippen molar-refractivity contribution in [2.75, 3.05) is 5.32 Å². The van der Waals surface area contributed by atoms with E-state index in [4.69, 9.17) is 5.11 Å². The topological polar surface area (TPSA) is 128 Å². The van der Waals surface area contributed by atoms with Crippen LogP contribution in [0.2, 0.25) is 0 Å². The van der Waals surface area contributed by atoms with Crippen LogP contribution in [0.4, 0.5) is 5.82 Å². The number of nitrogens with one attached hydrogen (secondary N) is 3. The van der Waals surface area contributed by atoms with E-state index in [9.17, 15) is 14.4 Å². The predicted molar refractivity (Wildman–Crippen MR) is 62.5 cm³/mol. The fourth-order valence-electron chi connectivity index (χ4n) is 2.18. The molecule has 0 radical (unpaired) electrons. The molecule has 2 rings (SSSR count). The molecule has 1 aromatic heterocycles. The second kappa shape index (κ2) is 5.03. The number of carboxylic acid groups (broad SMARTS) is 1. The molecule has 0 aliphatic heterocycles. The van der Waals surface area contributed by atoms with Gasteiger partial charge in [0.2, 0.25) is 5.82 Å². The summed E-state index contributed by atoms with van der Waals surface area (Å²) in [5.74, 6) is -1.19. The van der Waals surface area contributed by atoms with Crippen LogP contribution < -0.4 is 16.6 Å². The largest absolute Gasteiger partial charge is 0.481 e. The van der Waals surface area contributed by atoms with Crippen LogP contribution in [0.25, 0.3) is 0 Å². The summed E-state index contributed by atoms with van der Waals surface area (Å²) in [5.41, 5.74) is -1.27. The minimum atomic E-state index is -0.815. The van der Waals surface area contributed by atoms with Crippen LogP contribution in [-0.2, 0) is 4.79 Å². The summed E-state index contributed by atoms with van der Waals surface area (Å²) in [7, 11) is 0. The first kappa shape index (κ1) is 12.3. The molecular weight excluding hydrogens is 240 g/mol. The summed E-state index contributed by atoms with van der Waals surface area (Å²) in [5, 5.41) is 17.6. The van der Waals surface area contributed by atoms with Crippen molar-refractivity contribution in [2.45, 2.75) is 31.7 Å². The molecule has 4 N–H and O–H groups in total. The van der Waals surface area contributed by atoms with E-state index >= 15 is 0 Å². The molecule has 0 saturated heterocycles. The van der Waals surface area contributed by atoms with Gasteiger partial charge in [0.15, 0.2) is 0 Å². The van der Waals surface area contributed by atoms with Crippen molar-refractivity contribution in [2.24, 2.45) is 5.92 Å². The zero-order chi connectivity index (χ0) is 13.1. The van der Waals surface area contributed by atoms with Gasteiger partial charge in [0.1, 0.15) is 0 Å². The molecule has 2 unspecified atom stereocenters. The summed E-state index contributed by atoms with van der Waals surface area (Å²) >= 11 is 0. The molecule has 8 heteroatoms. The van der Waals surface area contributed by atoms with Crippen molar-refractivity contribution in [1.29, 1.82) is 0 Å². The van der Waals surface area contributed by atoms with Gasteiger partial charge in [-0.3, -0.25) is 14.6 Å². The third-order valence-corrected chi connectivity index (χ3v) is 3.08. The van der Waals surface area contributed by atoms with Crippen LogP contribution in [0.1, 0.15) is 25.7 Å². The highest BCUT2D eigenvalue weighted by Gasteiger charge is 2.27. The maximum atomic E-state index is 11.4. The molecular formula is C10H14N4O4. The molecule has 0 spiro atoms. The average molecular weight is 254 g/mol. The first-order valence-electron chi connectivity index (χ1n) is 5.74. The number of aromatic amines is 2. The number of carbonyl (C=O) groups is 1. The third kappa shape index (κ3) is 2.76. The van der Waals surface area contributed by atoms with Crippen LogP contribution in [0, 0.1) is 5.92 Å². The Morgan fingerprint density at radius 3 is 2.83 bits per heavy atom. The molecule has 1 aromatic rings. The lowest BCUT2D eigenvalue weighted by Crippen LogP contribution is -2.35. The van der Waals surface area contributed by atoms with Gasteiger partial charge in [0.05, 0.1) is 5.92 Å². The van der Waals surface area contributed by atoms with Gasteiger partial charge in [-0.15, -0.1) is 5.10 Å². The highest BCUT2D eigenvalue weighted by Crippen LogP contribution is 2.25. The summed E-state index contributed by atoms with van der Waals surface area (Å²) in [6.07, 6.45) is 2.68. The van der Waals surface area contributed by atoms with E-state index < -0.39 is 23.1 Å².